The van der Waals surface area contributed by atoms with Gasteiger partial charge in [0, 0.05) is 18.8 Å². The van der Waals surface area contributed by atoms with Crippen molar-refractivity contribution in [3.63, 3.8) is 0 Å². The number of nitrogens with one attached hydrogen (secondary N) is 1. The van der Waals surface area contributed by atoms with Crippen LogP contribution in [0, 0.1) is 17.2 Å². The summed E-state index contributed by atoms with van der Waals surface area (Å²) in [5.74, 6) is -0.143. The highest BCUT2D eigenvalue weighted by atomic mass is 16.3. The number of aliphatic hydroxyl groups is 1. The highest BCUT2D eigenvalue weighted by molar-refractivity contribution is 5.21. The minimum Gasteiger partial charge on any atom is -0.396 e. The summed E-state index contributed by atoms with van der Waals surface area (Å²) in [6.45, 7) is 3.44. The van der Waals surface area contributed by atoms with E-state index in [4.69, 9.17) is 10.4 Å². The first-order valence-corrected chi connectivity index (χ1v) is 4.87. The molecule has 6 heteroatoms. The van der Waals surface area contributed by atoms with E-state index in [1.165, 1.54) is 10.8 Å². The van der Waals surface area contributed by atoms with E-state index < -0.39 is 11.2 Å². The fraction of sp³-hybridized carbons (Fsp3) is 0.500. The molecule has 6 nitrogen and oxygen atoms in total. The van der Waals surface area contributed by atoms with Gasteiger partial charge in [0.2, 0.25) is 0 Å². The molecular formula is C10H13N3O3. The first kappa shape index (κ1) is 12.2. The standard InChI is InChI=1S/C10H13N3O3/c1-6(5-14)7(2)13-4-8(3-11)9(15)12-10(13)16/h4,6-7,14H,5H2,1-2H3,(H,12,15,16). The largest absolute Gasteiger partial charge is 0.396 e. The molecule has 0 spiro atoms. The smallest absolute Gasteiger partial charge is 0.328 e. The van der Waals surface area contributed by atoms with Crippen LogP contribution in [0.3, 0.4) is 0 Å². The van der Waals surface area contributed by atoms with Gasteiger partial charge in [-0.3, -0.25) is 14.3 Å². The Bertz CT molecular complexity index is 523. The Hall–Kier alpha value is -1.87. The van der Waals surface area contributed by atoms with E-state index in [0.717, 1.165) is 0 Å². The van der Waals surface area contributed by atoms with Crippen molar-refractivity contribution < 1.29 is 5.11 Å². The maximum atomic E-state index is 11.5. The van der Waals surface area contributed by atoms with Crippen LogP contribution in [0.1, 0.15) is 25.5 Å². The van der Waals surface area contributed by atoms with Crippen molar-refractivity contribution in [1.29, 1.82) is 5.26 Å². The van der Waals surface area contributed by atoms with Crippen molar-refractivity contribution in [3.8, 4) is 6.07 Å². The summed E-state index contributed by atoms with van der Waals surface area (Å²) in [6, 6.07) is 1.42. The van der Waals surface area contributed by atoms with Crippen molar-refractivity contribution in [3.05, 3.63) is 32.6 Å². The van der Waals surface area contributed by atoms with E-state index in [2.05, 4.69) is 4.98 Å². The molecular weight excluding hydrogens is 210 g/mol. The van der Waals surface area contributed by atoms with Crippen LogP contribution >= 0.6 is 0 Å². The van der Waals surface area contributed by atoms with Crippen LogP contribution < -0.4 is 11.2 Å². The molecule has 2 N–H and O–H groups in total. The number of H-pyrrole nitrogens is 1. The Balaban J connectivity index is 3.31. The van der Waals surface area contributed by atoms with E-state index in [9.17, 15) is 9.59 Å². The third-order valence-corrected chi connectivity index (χ3v) is 2.64. The molecule has 0 aliphatic rings. The lowest BCUT2D eigenvalue weighted by Crippen LogP contribution is -2.35. The SMILES string of the molecule is CC(CO)C(C)n1cc(C#N)c(=O)[nH]c1=O. The minimum absolute atomic E-state index is 0.0748. The number of nitriles is 1. The fourth-order valence-electron chi connectivity index (χ4n) is 1.29. The zero-order chi connectivity index (χ0) is 12.3. The molecule has 0 aromatic carbocycles. The molecule has 0 fully saturated rings. The molecule has 1 rings (SSSR count). The van der Waals surface area contributed by atoms with Crippen molar-refractivity contribution in [2.75, 3.05) is 6.61 Å². The predicted molar refractivity (Wildman–Crippen MR) is 57.0 cm³/mol. The summed E-state index contributed by atoms with van der Waals surface area (Å²) in [7, 11) is 0. The molecule has 2 unspecified atom stereocenters. The second kappa shape index (κ2) is 4.77. The first-order valence-electron chi connectivity index (χ1n) is 4.87. The summed E-state index contributed by atoms with van der Waals surface area (Å²) in [5.41, 5.74) is -1.37. The van der Waals surface area contributed by atoms with Crippen molar-refractivity contribution in [2.24, 2.45) is 5.92 Å². The summed E-state index contributed by atoms with van der Waals surface area (Å²) in [6.07, 6.45) is 1.22. The predicted octanol–water partition coefficient (Wildman–Crippen LogP) is -0.402. The number of nitrogens with zero attached hydrogens (tertiary/aromatic N) is 2. The molecule has 0 aliphatic carbocycles. The molecule has 0 radical (unpaired) electrons. The molecule has 0 aliphatic heterocycles. The number of rotatable bonds is 3. The maximum absolute atomic E-state index is 11.5. The van der Waals surface area contributed by atoms with Crippen LogP contribution in [-0.4, -0.2) is 21.3 Å². The van der Waals surface area contributed by atoms with Gasteiger partial charge in [-0.1, -0.05) is 6.92 Å². The average Bonchev–Trinajstić information content (AvgIpc) is 2.27. The lowest BCUT2D eigenvalue weighted by Gasteiger charge is -2.19. The topological polar surface area (TPSA) is 98.9 Å². The fourth-order valence-corrected chi connectivity index (χ4v) is 1.29. The van der Waals surface area contributed by atoms with Crippen molar-refractivity contribution in [2.45, 2.75) is 19.9 Å². The average molecular weight is 223 g/mol. The summed E-state index contributed by atoms with van der Waals surface area (Å²) < 4.78 is 1.25. The van der Waals surface area contributed by atoms with Crippen molar-refractivity contribution in [1.82, 2.24) is 9.55 Å². The molecule has 0 saturated carbocycles. The van der Waals surface area contributed by atoms with E-state index in [0.29, 0.717) is 0 Å². The summed E-state index contributed by atoms with van der Waals surface area (Å²) in [5, 5.41) is 17.7. The molecule has 2 atom stereocenters. The highest BCUT2D eigenvalue weighted by Crippen LogP contribution is 2.13. The Labute approximate surface area is 91.8 Å². The molecule has 1 heterocycles. The first-order chi connectivity index (χ1) is 7.51. The zero-order valence-electron chi connectivity index (χ0n) is 9.10. The summed E-state index contributed by atoms with van der Waals surface area (Å²) >= 11 is 0. The van der Waals surface area contributed by atoms with Gasteiger partial charge in [0.25, 0.3) is 5.56 Å². The van der Waals surface area contributed by atoms with Gasteiger partial charge in [-0.2, -0.15) is 5.26 Å². The quantitative estimate of drug-likeness (QED) is 0.728. The van der Waals surface area contributed by atoms with Crippen LogP contribution in [0.5, 0.6) is 0 Å². The molecule has 0 bridgehead atoms. The highest BCUT2D eigenvalue weighted by Gasteiger charge is 2.15. The molecule has 0 amide bonds. The van der Waals surface area contributed by atoms with Crippen LogP contribution in [0.25, 0.3) is 0 Å². The molecule has 0 saturated heterocycles. The Morgan fingerprint density at radius 3 is 2.69 bits per heavy atom. The minimum atomic E-state index is -0.687. The third kappa shape index (κ3) is 2.20. The monoisotopic (exact) mass is 223 g/mol. The Morgan fingerprint density at radius 2 is 2.19 bits per heavy atom. The van der Waals surface area contributed by atoms with Gasteiger partial charge >= 0.3 is 5.69 Å². The van der Waals surface area contributed by atoms with Crippen molar-refractivity contribution >= 4 is 0 Å². The van der Waals surface area contributed by atoms with Gasteiger partial charge in [-0.25, -0.2) is 4.79 Å². The van der Waals surface area contributed by atoms with Gasteiger partial charge in [0.05, 0.1) is 0 Å². The third-order valence-electron chi connectivity index (χ3n) is 2.64. The normalized spacial score (nSPS) is 14.1. The Kier molecular flexibility index (Phi) is 3.64. The molecule has 1 aromatic heterocycles. The summed E-state index contributed by atoms with van der Waals surface area (Å²) in [4.78, 5) is 24.7. The van der Waals surface area contributed by atoms with E-state index in [1.807, 2.05) is 0 Å². The second-order valence-electron chi connectivity index (χ2n) is 3.72. The molecule has 86 valence electrons. The van der Waals surface area contributed by atoms with Gasteiger partial charge in [-0.15, -0.1) is 0 Å². The molecule has 16 heavy (non-hydrogen) atoms. The maximum Gasteiger partial charge on any atom is 0.328 e. The number of aromatic nitrogens is 2. The van der Waals surface area contributed by atoms with Gasteiger partial charge in [0.1, 0.15) is 11.6 Å². The van der Waals surface area contributed by atoms with E-state index in [1.54, 1.807) is 19.9 Å². The molecule has 1 aromatic rings. The second-order valence-corrected chi connectivity index (χ2v) is 3.72. The van der Waals surface area contributed by atoms with Crippen LogP contribution in [0.4, 0.5) is 0 Å². The van der Waals surface area contributed by atoms with Gasteiger partial charge in [-0.05, 0) is 12.8 Å². The zero-order valence-corrected chi connectivity index (χ0v) is 9.10. The Morgan fingerprint density at radius 1 is 1.56 bits per heavy atom. The van der Waals surface area contributed by atoms with Crippen LogP contribution in [0.2, 0.25) is 0 Å². The van der Waals surface area contributed by atoms with E-state index >= 15 is 0 Å². The van der Waals surface area contributed by atoms with Gasteiger partial charge in [0.15, 0.2) is 0 Å². The van der Waals surface area contributed by atoms with Crippen LogP contribution in [0.15, 0.2) is 15.8 Å². The lowest BCUT2D eigenvalue weighted by atomic mass is 10.1. The number of aliphatic hydroxyl groups excluding tert-OH is 1. The lowest BCUT2D eigenvalue weighted by molar-refractivity contribution is 0.195. The van der Waals surface area contributed by atoms with Crippen LogP contribution in [-0.2, 0) is 0 Å². The number of aromatic amines is 1. The number of hydrogen-bond acceptors (Lipinski definition) is 4. The number of hydrogen-bond donors (Lipinski definition) is 2. The van der Waals surface area contributed by atoms with Gasteiger partial charge < -0.3 is 5.11 Å². The van der Waals surface area contributed by atoms with E-state index in [-0.39, 0.29) is 24.1 Å².